The van der Waals surface area contributed by atoms with Gasteiger partial charge >= 0.3 is 0 Å². The van der Waals surface area contributed by atoms with Crippen LogP contribution in [0.15, 0.2) is 46.9 Å². The lowest BCUT2D eigenvalue weighted by atomic mass is 10.1. The molecule has 1 fully saturated rings. The molecule has 0 heterocycles. The second kappa shape index (κ2) is 9.40. The van der Waals surface area contributed by atoms with Crippen LogP contribution in [0.5, 0.6) is 5.75 Å². The number of hydrogen-bond acceptors (Lipinski definition) is 2. The second-order valence-corrected chi connectivity index (χ2v) is 8.01. The molecule has 3 heteroatoms. The Morgan fingerprint density at radius 3 is 2.44 bits per heavy atom. The van der Waals surface area contributed by atoms with E-state index in [2.05, 4.69) is 70.6 Å². The van der Waals surface area contributed by atoms with Crippen molar-refractivity contribution >= 4 is 15.9 Å². The highest BCUT2D eigenvalue weighted by Crippen LogP contribution is 2.25. The van der Waals surface area contributed by atoms with E-state index in [4.69, 9.17) is 4.74 Å². The minimum absolute atomic E-state index is 0.609. The summed E-state index contributed by atoms with van der Waals surface area (Å²) in [4.78, 5) is 0. The number of benzene rings is 2. The van der Waals surface area contributed by atoms with Gasteiger partial charge in [-0.2, -0.15) is 0 Å². The number of rotatable bonds is 6. The van der Waals surface area contributed by atoms with Gasteiger partial charge in [0, 0.05) is 22.6 Å². The summed E-state index contributed by atoms with van der Waals surface area (Å²) in [5, 5.41) is 3.75. The van der Waals surface area contributed by atoms with Gasteiger partial charge in [0.2, 0.25) is 0 Å². The van der Waals surface area contributed by atoms with Crippen LogP contribution in [0.4, 0.5) is 0 Å². The quantitative estimate of drug-likeness (QED) is 0.586. The molecule has 0 atom stereocenters. The van der Waals surface area contributed by atoms with Crippen molar-refractivity contribution in [3.63, 3.8) is 0 Å². The molecular weight excluding hydrogens is 374 g/mol. The monoisotopic (exact) mass is 401 g/mol. The van der Waals surface area contributed by atoms with Gasteiger partial charge in [-0.05, 0) is 43.5 Å². The van der Waals surface area contributed by atoms with E-state index in [-0.39, 0.29) is 0 Å². The van der Waals surface area contributed by atoms with Gasteiger partial charge in [0.1, 0.15) is 12.4 Å². The third-order valence-corrected chi connectivity index (χ3v) is 5.47. The number of aryl methyl sites for hydroxylation is 1. The van der Waals surface area contributed by atoms with Crippen molar-refractivity contribution in [3.8, 4) is 5.75 Å². The Balaban J connectivity index is 1.61. The Hall–Kier alpha value is -1.32. The largest absolute Gasteiger partial charge is 0.489 e. The number of nitrogens with one attached hydrogen (secondary N) is 1. The van der Waals surface area contributed by atoms with Crippen LogP contribution in [-0.4, -0.2) is 6.04 Å². The molecule has 0 aromatic heterocycles. The fraction of sp³-hybridized carbons (Fsp3) is 0.455. The average molecular weight is 402 g/mol. The molecule has 0 bridgehead atoms. The average Bonchev–Trinajstić information content (AvgIpc) is 2.89. The standard InChI is InChI=1S/C22H28BrNO/c1-17-8-10-18(11-9-17)16-25-22-13-12-20(23)14-19(22)15-24-21-6-4-2-3-5-7-21/h8-14,21,24H,2-7,15-16H2,1H3. The molecule has 0 unspecified atom stereocenters. The predicted molar refractivity (Wildman–Crippen MR) is 108 cm³/mol. The van der Waals surface area contributed by atoms with Gasteiger partial charge in [0.15, 0.2) is 0 Å². The van der Waals surface area contributed by atoms with Gasteiger partial charge in [-0.1, -0.05) is 71.4 Å². The van der Waals surface area contributed by atoms with E-state index in [1.165, 1.54) is 55.2 Å². The minimum atomic E-state index is 0.609. The minimum Gasteiger partial charge on any atom is -0.489 e. The molecule has 0 amide bonds. The Bertz CT molecular complexity index is 660. The smallest absolute Gasteiger partial charge is 0.124 e. The van der Waals surface area contributed by atoms with Gasteiger partial charge in [0.25, 0.3) is 0 Å². The fourth-order valence-corrected chi connectivity index (χ4v) is 3.82. The summed E-state index contributed by atoms with van der Waals surface area (Å²) >= 11 is 3.60. The highest BCUT2D eigenvalue weighted by Gasteiger charge is 2.13. The Morgan fingerprint density at radius 1 is 1.00 bits per heavy atom. The highest BCUT2D eigenvalue weighted by molar-refractivity contribution is 9.10. The van der Waals surface area contributed by atoms with E-state index >= 15 is 0 Å². The summed E-state index contributed by atoms with van der Waals surface area (Å²) in [6, 6.07) is 15.5. The normalized spacial score (nSPS) is 15.8. The fourth-order valence-electron chi connectivity index (χ4n) is 3.41. The summed E-state index contributed by atoms with van der Waals surface area (Å²) in [5.41, 5.74) is 3.71. The van der Waals surface area contributed by atoms with E-state index in [9.17, 15) is 0 Å². The molecule has 2 nitrogen and oxygen atoms in total. The lowest BCUT2D eigenvalue weighted by molar-refractivity contribution is 0.301. The predicted octanol–water partition coefficient (Wildman–Crippen LogP) is 6.15. The molecule has 25 heavy (non-hydrogen) atoms. The summed E-state index contributed by atoms with van der Waals surface area (Å²) in [7, 11) is 0. The molecule has 1 saturated carbocycles. The number of halogens is 1. The molecule has 3 rings (SSSR count). The second-order valence-electron chi connectivity index (χ2n) is 7.10. The van der Waals surface area contributed by atoms with E-state index < -0.39 is 0 Å². The van der Waals surface area contributed by atoms with Crippen molar-refractivity contribution in [2.75, 3.05) is 0 Å². The van der Waals surface area contributed by atoms with E-state index in [1.54, 1.807) is 0 Å². The SMILES string of the molecule is Cc1ccc(COc2ccc(Br)cc2CNC2CCCCCC2)cc1. The van der Waals surface area contributed by atoms with Crippen LogP contribution in [0.25, 0.3) is 0 Å². The molecule has 0 saturated heterocycles. The van der Waals surface area contributed by atoms with Crippen molar-refractivity contribution in [1.82, 2.24) is 5.32 Å². The zero-order chi connectivity index (χ0) is 17.5. The van der Waals surface area contributed by atoms with E-state index in [0.29, 0.717) is 12.6 Å². The Labute approximate surface area is 160 Å². The molecule has 0 aliphatic heterocycles. The molecule has 134 valence electrons. The topological polar surface area (TPSA) is 21.3 Å². The Morgan fingerprint density at radius 2 is 1.72 bits per heavy atom. The molecule has 2 aromatic rings. The highest BCUT2D eigenvalue weighted by atomic mass is 79.9. The van der Waals surface area contributed by atoms with Gasteiger partial charge < -0.3 is 10.1 Å². The third kappa shape index (κ3) is 5.86. The molecule has 2 aromatic carbocycles. The summed E-state index contributed by atoms with van der Waals surface area (Å²) < 4.78 is 7.23. The maximum absolute atomic E-state index is 6.12. The molecular formula is C22H28BrNO. The van der Waals surface area contributed by atoms with Crippen molar-refractivity contribution < 1.29 is 4.74 Å². The first-order valence-corrected chi connectivity index (χ1v) is 10.2. The lowest BCUT2D eigenvalue weighted by Crippen LogP contribution is -2.28. The zero-order valence-corrected chi connectivity index (χ0v) is 16.6. The van der Waals surface area contributed by atoms with Gasteiger partial charge in [0.05, 0.1) is 0 Å². The molecule has 1 aliphatic carbocycles. The molecule has 1 N–H and O–H groups in total. The number of hydrogen-bond donors (Lipinski definition) is 1. The molecule has 0 spiro atoms. The maximum atomic E-state index is 6.12. The summed E-state index contributed by atoms with van der Waals surface area (Å²) in [6.45, 7) is 3.59. The summed E-state index contributed by atoms with van der Waals surface area (Å²) in [5.74, 6) is 0.977. The van der Waals surface area contributed by atoms with Crippen LogP contribution in [0.1, 0.15) is 55.2 Å². The molecule has 0 radical (unpaired) electrons. The van der Waals surface area contributed by atoms with Crippen LogP contribution in [0.3, 0.4) is 0 Å². The van der Waals surface area contributed by atoms with Gasteiger partial charge in [-0.3, -0.25) is 0 Å². The van der Waals surface area contributed by atoms with Gasteiger partial charge in [-0.25, -0.2) is 0 Å². The van der Waals surface area contributed by atoms with Crippen LogP contribution >= 0.6 is 15.9 Å². The van der Waals surface area contributed by atoms with Crippen molar-refractivity contribution in [1.29, 1.82) is 0 Å². The van der Waals surface area contributed by atoms with E-state index in [1.807, 2.05) is 0 Å². The van der Waals surface area contributed by atoms with Crippen molar-refractivity contribution in [3.05, 3.63) is 63.6 Å². The third-order valence-electron chi connectivity index (χ3n) is 4.97. The zero-order valence-electron chi connectivity index (χ0n) is 15.1. The maximum Gasteiger partial charge on any atom is 0.124 e. The first kappa shape index (κ1) is 18.5. The number of ether oxygens (including phenoxy) is 1. The first-order valence-electron chi connectivity index (χ1n) is 9.41. The van der Waals surface area contributed by atoms with Crippen LogP contribution < -0.4 is 10.1 Å². The first-order chi connectivity index (χ1) is 12.2. The van der Waals surface area contributed by atoms with Crippen LogP contribution in [-0.2, 0) is 13.2 Å². The van der Waals surface area contributed by atoms with Crippen LogP contribution in [0.2, 0.25) is 0 Å². The lowest BCUT2D eigenvalue weighted by Gasteiger charge is -2.18. The van der Waals surface area contributed by atoms with Crippen molar-refractivity contribution in [2.24, 2.45) is 0 Å². The summed E-state index contributed by atoms with van der Waals surface area (Å²) in [6.07, 6.45) is 8.08. The van der Waals surface area contributed by atoms with Crippen molar-refractivity contribution in [2.45, 2.75) is 64.6 Å². The Kier molecular flexibility index (Phi) is 6.94. The van der Waals surface area contributed by atoms with E-state index in [0.717, 1.165) is 16.8 Å². The van der Waals surface area contributed by atoms with Crippen LogP contribution in [0, 0.1) is 6.92 Å². The van der Waals surface area contributed by atoms with Gasteiger partial charge in [-0.15, -0.1) is 0 Å². The molecule has 1 aliphatic rings.